The molecular formula is C18H23BFN3O2. The summed E-state index contributed by atoms with van der Waals surface area (Å²) in [5.41, 5.74) is 1.14. The van der Waals surface area contributed by atoms with E-state index in [0.717, 1.165) is 17.0 Å². The molecular weight excluding hydrogens is 320 g/mol. The zero-order valence-electron chi connectivity index (χ0n) is 15.3. The monoisotopic (exact) mass is 343 g/mol. The number of halogens is 1. The van der Waals surface area contributed by atoms with E-state index < -0.39 is 24.0 Å². The van der Waals surface area contributed by atoms with Crippen molar-refractivity contribution in [3.8, 4) is 11.3 Å². The standard InChI is InChI=1S/C18H23BFN3O2/c1-13-11-15(14-7-6-9-21-12-14)22-23(13)10-8-16(20)19-24-17(2,3)18(4,5)25-19/h6-9,11-12H,10H2,1-5H3. The maximum Gasteiger partial charge on any atom is 0.524 e. The summed E-state index contributed by atoms with van der Waals surface area (Å²) in [7, 11) is -0.973. The molecule has 1 aliphatic heterocycles. The van der Waals surface area contributed by atoms with Gasteiger partial charge in [0.2, 0.25) is 0 Å². The van der Waals surface area contributed by atoms with Crippen LogP contribution >= 0.6 is 0 Å². The third-order valence-corrected chi connectivity index (χ3v) is 4.88. The van der Waals surface area contributed by atoms with Gasteiger partial charge in [0.05, 0.1) is 23.4 Å². The van der Waals surface area contributed by atoms with Gasteiger partial charge in [-0.2, -0.15) is 5.10 Å². The Labute approximate surface area is 148 Å². The number of hydrogen-bond acceptors (Lipinski definition) is 4. The molecule has 7 heteroatoms. The lowest BCUT2D eigenvalue weighted by atomic mass is 9.88. The van der Waals surface area contributed by atoms with E-state index in [-0.39, 0.29) is 0 Å². The van der Waals surface area contributed by atoms with Crippen LogP contribution in [-0.2, 0) is 15.9 Å². The Morgan fingerprint density at radius 1 is 1.28 bits per heavy atom. The normalized spacial score (nSPS) is 19.4. The summed E-state index contributed by atoms with van der Waals surface area (Å²) in [5, 5.41) is 4.52. The minimum absolute atomic E-state index is 0.308. The topological polar surface area (TPSA) is 49.2 Å². The molecule has 1 saturated heterocycles. The first-order valence-electron chi connectivity index (χ1n) is 8.36. The van der Waals surface area contributed by atoms with Crippen LogP contribution in [0.25, 0.3) is 11.3 Å². The van der Waals surface area contributed by atoms with Gasteiger partial charge < -0.3 is 9.31 Å². The summed E-state index contributed by atoms with van der Waals surface area (Å²) in [5.74, 6) is 0. The molecule has 5 nitrogen and oxygen atoms in total. The maximum atomic E-state index is 14.5. The van der Waals surface area contributed by atoms with Gasteiger partial charge in [0, 0.05) is 23.7 Å². The summed E-state index contributed by atoms with van der Waals surface area (Å²) >= 11 is 0. The smallest absolute Gasteiger partial charge is 0.398 e. The second-order valence-corrected chi connectivity index (χ2v) is 7.27. The molecule has 0 aliphatic carbocycles. The van der Waals surface area contributed by atoms with E-state index in [1.165, 1.54) is 6.08 Å². The van der Waals surface area contributed by atoms with Crippen molar-refractivity contribution in [2.24, 2.45) is 0 Å². The molecule has 2 aromatic rings. The van der Waals surface area contributed by atoms with Crippen molar-refractivity contribution in [3.05, 3.63) is 48.1 Å². The second-order valence-electron chi connectivity index (χ2n) is 7.27. The summed E-state index contributed by atoms with van der Waals surface area (Å²) in [6.07, 6.45) is 4.93. The number of aromatic nitrogens is 3. The largest absolute Gasteiger partial charge is 0.524 e. The van der Waals surface area contributed by atoms with E-state index in [1.54, 1.807) is 17.1 Å². The number of aryl methyl sites for hydroxylation is 1. The van der Waals surface area contributed by atoms with Gasteiger partial charge in [-0.15, -0.1) is 0 Å². The molecule has 0 amide bonds. The molecule has 3 rings (SSSR count). The van der Waals surface area contributed by atoms with Crippen LogP contribution in [0.15, 0.2) is 42.4 Å². The van der Waals surface area contributed by atoms with Crippen molar-refractivity contribution in [3.63, 3.8) is 0 Å². The highest BCUT2D eigenvalue weighted by atomic mass is 19.1. The lowest BCUT2D eigenvalue weighted by Crippen LogP contribution is -2.41. The first-order valence-corrected chi connectivity index (χ1v) is 8.36. The predicted molar refractivity (Wildman–Crippen MR) is 95.5 cm³/mol. The second kappa shape index (κ2) is 6.39. The third kappa shape index (κ3) is 3.53. The van der Waals surface area contributed by atoms with Crippen molar-refractivity contribution in [2.75, 3.05) is 0 Å². The van der Waals surface area contributed by atoms with Gasteiger partial charge in [-0.25, -0.2) is 4.39 Å². The van der Waals surface area contributed by atoms with E-state index in [0.29, 0.717) is 6.54 Å². The molecule has 0 bridgehead atoms. The van der Waals surface area contributed by atoms with Gasteiger partial charge in [-0.1, -0.05) is 0 Å². The Morgan fingerprint density at radius 3 is 2.56 bits per heavy atom. The van der Waals surface area contributed by atoms with Crippen LogP contribution in [0.3, 0.4) is 0 Å². The SMILES string of the molecule is Cc1cc(-c2cccnc2)nn1CC=C(F)B1OC(C)(C)C(C)(C)O1. The predicted octanol–water partition coefficient (Wildman–Crippen LogP) is 3.74. The molecule has 0 atom stereocenters. The molecule has 0 spiro atoms. The highest BCUT2D eigenvalue weighted by molar-refractivity contribution is 6.53. The fourth-order valence-corrected chi connectivity index (χ4v) is 2.58. The van der Waals surface area contributed by atoms with Gasteiger partial charge >= 0.3 is 7.12 Å². The Bertz CT molecular complexity index is 771. The Hall–Kier alpha value is -1.99. The molecule has 25 heavy (non-hydrogen) atoms. The first kappa shape index (κ1) is 17.8. The molecule has 0 N–H and O–H groups in total. The molecule has 0 aromatic carbocycles. The average Bonchev–Trinajstić information content (AvgIpc) is 3.03. The van der Waals surface area contributed by atoms with Gasteiger partial charge in [0.1, 0.15) is 5.73 Å². The number of rotatable bonds is 4. The zero-order chi connectivity index (χ0) is 18.2. The number of hydrogen-bond donors (Lipinski definition) is 0. The van der Waals surface area contributed by atoms with Crippen molar-refractivity contribution < 1.29 is 13.7 Å². The Balaban J connectivity index is 1.73. The highest BCUT2D eigenvalue weighted by Gasteiger charge is 2.52. The van der Waals surface area contributed by atoms with E-state index >= 15 is 0 Å². The molecule has 0 unspecified atom stereocenters. The van der Waals surface area contributed by atoms with Gasteiger partial charge in [0.15, 0.2) is 0 Å². The molecule has 3 heterocycles. The number of nitrogens with zero attached hydrogens (tertiary/aromatic N) is 3. The lowest BCUT2D eigenvalue weighted by Gasteiger charge is -2.32. The average molecular weight is 343 g/mol. The van der Waals surface area contributed by atoms with Gasteiger partial charge in [-0.3, -0.25) is 9.67 Å². The van der Waals surface area contributed by atoms with E-state index in [2.05, 4.69) is 10.1 Å². The molecule has 1 fully saturated rings. The van der Waals surface area contributed by atoms with Crippen LogP contribution in [-0.4, -0.2) is 33.1 Å². The lowest BCUT2D eigenvalue weighted by molar-refractivity contribution is 0.00578. The molecule has 2 aromatic heterocycles. The third-order valence-electron chi connectivity index (χ3n) is 4.88. The Kier molecular flexibility index (Phi) is 4.55. The fourth-order valence-electron chi connectivity index (χ4n) is 2.58. The van der Waals surface area contributed by atoms with Crippen molar-refractivity contribution >= 4 is 7.12 Å². The van der Waals surface area contributed by atoms with Crippen LogP contribution < -0.4 is 0 Å². The summed E-state index contributed by atoms with van der Waals surface area (Å²) in [4.78, 5) is 4.10. The van der Waals surface area contributed by atoms with Crippen molar-refractivity contribution in [2.45, 2.75) is 52.4 Å². The quantitative estimate of drug-likeness (QED) is 0.794. The number of pyridine rings is 1. The summed E-state index contributed by atoms with van der Waals surface area (Å²) in [6.45, 7) is 9.85. The van der Waals surface area contributed by atoms with Crippen LogP contribution in [0.4, 0.5) is 4.39 Å². The van der Waals surface area contributed by atoms with E-state index in [4.69, 9.17) is 9.31 Å². The van der Waals surface area contributed by atoms with Crippen LogP contribution in [0.2, 0.25) is 0 Å². The van der Waals surface area contributed by atoms with Crippen molar-refractivity contribution in [1.29, 1.82) is 0 Å². The zero-order valence-corrected chi connectivity index (χ0v) is 15.3. The van der Waals surface area contributed by atoms with Crippen LogP contribution in [0, 0.1) is 6.92 Å². The number of allylic oxidation sites excluding steroid dienone is 1. The molecule has 0 saturated carbocycles. The summed E-state index contributed by atoms with van der Waals surface area (Å²) in [6, 6.07) is 5.76. The van der Waals surface area contributed by atoms with E-state index in [1.807, 2.05) is 52.8 Å². The summed E-state index contributed by atoms with van der Waals surface area (Å²) < 4.78 is 27.7. The molecule has 1 aliphatic rings. The molecule has 132 valence electrons. The minimum Gasteiger partial charge on any atom is -0.398 e. The first-order chi connectivity index (χ1) is 11.7. The minimum atomic E-state index is -0.973. The van der Waals surface area contributed by atoms with Crippen LogP contribution in [0.5, 0.6) is 0 Å². The molecule has 0 radical (unpaired) electrons. The van der Waals surface area contributed by atoms with Gasteiger partial charge in [0.25, 0.3) is 0 Å². The van der Waals surface area contributed by atoms with Crippen LogP contribution in [0.1, 0.15) is 33.4 Å². The van der Waals surface area contributed by atoms with E-state index in [9.17, 15) is 4.39 Å². The fraction of sp³-hybridized carbons (Fsp3) is 0.444. The Morgan fingerprint density at radius 2 is 1.96 bits per heavy atom. The van der Waals surface area contributed by atoms with Crippen molar-refractivity contribution in [1.82, 2.24) is 14.8 Å². The highest BCUT2D eigenvalue weighted by Crippen LogP contribution is 2.38. The van der Waals surface area contributed by atoms with Gasteiger partial charge in [-0.05, 0) is 58.9 Å². The maximum absolute atomic E-state index is 14.5.